The standard InChI is InChI=1S/C15H24OS/c1-12-5-2-6-13(11-12)15(16)9-3-7-14-8-4-10-17-14/h4,8,10,12-13,15-16H,2-3,5-7,9,11H2,1H3. The Kier molecular flexibility index (Phi) is 5.05. The largest absolute Gasteiger partial charge is 0.393 e. The van der Waals surface area contributed by atoms with Crippen LogP contribution in [0.15, 0.2) is 17.5 Å². The molecule has 0 aliphatic heterocycles. The van der Waals surface area contributed by atoms with Crippen LogP contribution in [0.5, 0.6) is 0 Å². The SMILES string of the molecule is CC1CCCC(C(O)CCCc2cccs2)C1. The molecule has 0 bridgehead atoms. The molecule has 1 saturated carbocycles. The minimum atomic E-state index is -0.0577. The van der Waals surface area contributed by atoms with Gasteiger partial charge in [0.15, 0.2) is 0 Å². The fourth-order valence-corrected chi connectivity index (χ4v) is 3.76. The second-order valence-electron chi connectivity index (χ2n) is 5.57. The highest BCUT2D eigenvalue weighted by molar-refractivity contribution is 7.09. The van der Waals surface area contributed by atoms with Gasteiger partial charge in [-0.05, 0) is 55.4 Å². The molecule has 0 radical (unpaired) electrons. The Balaban J connectivity index is 1.68. The predicted octanol–water partition coefficient (Wildman–Crippen LogP) is 4.26. The van der Waals surface area contributed by atoms with E-state index in [0.29, 0.717) is 5.92 Å². The summed E-state index contributed by atoms with van der Waals surface area (Å²) in [5.74, 6) is 1.39. The van der Waals surface area contributed by atoms with Crippen LogP contribution in [0.4, 0.5) is 0 Å². The summed E-state index contributed by atoms with van der Waals surface area (Å²) in [6.45, 7) is 2.32. The van der Waals surface area contributed by atoms with Crippen molar-refractivity contribution in [1.82, 2.24) is 0 Å². The van der Waals surface area contributed by atoms with Crippen molar-refractivity contribution >= 4 is 11.3 Å². The average molecular weight is 252 g/mol. The molecule has 0 aromatic carbocycles. The molecule has 1 aliphatic carbocycles. The Morgan fingerprint density at radius 3 is 3.06 bits per heavy atom. The molecular formula is C15H24OS. The molecule has 96 valence electrons. The first-order valence-corrected chi connectivity index (χ1v) is 7.84. The van der Waals surface area contributed by atoms with Gasteiger partial charge >= 0.3 is 0 Å². The van der Waals surface area contributed by atoms with Crippen molar-refractivity contribution in [3.05, 3.63) is 22.4 Å². The summed E-state index contributed by atoms with van der Waals surface area (Å²) in [4.78, 5) is 1.45. The van der Waals surface area contributed by atoms with Gasteiger partial charge in [0.25, 0.3) is 0 Å². The van der Waals surface area contributed by atoms with Crippen LogP contribution in [0.1, 0.15) is 50.3 Å². The number of rotatable bonds is 5. The third kappa shape index (κ3) is 4.11. The fourth-order valence-electron chi connectivity index (χ4n) is 3.01. The minimum Gasteiger partial charge on any atom is -0.393 e. The van der Waals surface area contributed by atoms with Gasteiger partial charge < -0.3 is 5.11 Å². The Morgan fingerprint density at radius 1 is 1.47 bits per heavy atom. The van der Waals surface area contributed by atoms with Crippen LogP contribution in [-0.2, 0) is 6.42 Å². The maximum atomic E-state index is 10.2. The van der Waals surface area contributed by atoms with E-state index < -0.39 is 0 Å². The molecule has 1 aliphatic rings. The lowest BCUT2D eigenvalue weighted by molar-refractivity contribution is 0.0634. The van der Waals surface area contributed by atoms with Gasteiger partial charge in [-0.2, -0.15) is 0 Å². The van der Waals surface area contributed by atoms with E-state index in [1.54, 1.807) is 0 Å². The topological polar surface area (TPSA) is 20.2 Å². The van der Waals surface area contributed by atoms with E-state index in [9.17, 15) is 5.11 Å². The molecule has 17 heavy (non-hydrogen) atoms. The van der Waals surface area contributed by atoms with Crippen molar-refractivity contribution in [1.29, 1.82) is 0 Å². The molecule has 1 aromatic rings. The number of aliphatic hydroxyl groups excluding tert-OH is 1. The van der Waals surface area contributed by atoms with Crippen molar-refractivity contribution in [2.24, 2.45) is 11.8 Å². The molecule has 2 rings (SSSR count). The molecule has 0 saturated heterocycles. The first-order chi connectivity index (χ1) is 8.25. The highest BCUT2D eigenvalue weighted by Gasteiger charge is 2.24. The molecule has 0 spiro atoms. The number of aliphatic hydroxyl groups is 1. The summed E-state index contributed by atoms with van der Waals surface area (Å²) < 4.78 is 0. The zero-order chi connectivity index (χ0) is 12.1. The smallest absolute Gasteiger partial charge is 0.0568 e. The average Bonchev–Trinajstić information content (AvgIpc) is 2.82. The van der Waals surface area contributed by atoms with Crippen molar-refractivity contribution in [3.63, 3.8) is 0 Å². The number of thiophene rings is 1. The van der Waals surface area contributed by atoms with Crippen LogP contribution in [0.2, 0.25) is 0 Å². The Morgan fingerprint density at radius 2 is 2.35 bits per heavy atom. The van der Waals surface area contributed by atoms with Gasteiger partial charge in [0, 0.05) is 4.88 Å². The molecule has 1 aromatic heterocycles. The van der Waals surface area contributed by atoms with Gasteiger partial charge in [0.1, 0.15) is 0 Å². The Hall–Kier alpha value is -0.340. The monoisotopic (exact) mass is 252 g/mol. The summed E-state index contributed by atoms with van der Waals surface area (Å²) in [5, 5.41) is 12.4. The summed E-state index contributed by atoms with van der Waals surface area (Å²) in [7, 11) is 0. The molecule has 3 unspecified atom stereocenters. The normalized spacial score (nSPS) is 26.9. The first-order valence-electron chi connectivity index (χ1n) is 6.96. The zero-order valence-electron chi connectivity index (χ0n) is 10.8. The second-order valence-corrected chi connectivity index (χ2v) is 6.60. The lowest BCUT2D eigenvalue weighted by Crippen LogP contribution is -2.25. The van der Waals surface area contributed by atoms with Gasteiger partial charge in [0.05, 0.1) is 6.10 Å². The lowest BCUT2D eigenvalue weighted by Gasteiger charge is -2.30. The number of hydrogen-bond acceptors (Lipinski definition) is 2. The minimum absolute atomic E-state index is 0.0577. The maximum absolute atomic E-state index is 10.2. The van der Waals surface area contributed by atoms with E-state index in [2.05, 4.69) is 24.4 Å². The van der Waals surface area contributed by atoms with E-state index in [1.807, 2.05) is 11.3 Å². The van der Waals surface area contributed by atoms with Gasteiger partial charge in [-0.1, -0.05) is 25.8 Å². The van der Waals surface area contributed by atoms with Gasteiger partial charge in [-0.15, -0.1) is 11.3 Å². The zero-order valence-corrected chi connectivity index (χ0v) is 11.6. The molecule has 1 nitrogen and oxygen atoms in total. The summed E-state index contributed by atoms with van der Waals surface area (Å²) in [5.41, 5.74) is 0. The van der Waals surface area contributed by atoms with Crippen molar-refractivity contribution in [3.8, 4) is 0 Å². The second kappa shape index (κ2) is 6.55. The van der Waals surface area contributed by atoms with E-state index in [0.717, 1.165) is 25.2 Å². The maximum Gasteiger partial charge on any atom is 0.0568 e. The molecule has 1 heterocycles. The van der Waals surface area contributed by atoms with Gasteiger partial charge in [-0.3, -0.25) is 0 Å². The van der Waals surface area contributed by atoms with Gasteiger partial charge in [0.2, 0.25) is 0 Å². The van der Waals surface area contributed by atoms with Crippen LogP contribution in [-0.4, -0.2) is 11.2 Å². The van der Waals surface area contributed by atoms with E-state index in [1.165, 1.54) is 30.6 Å². The molecule has 1 N–H and O–H groups in total. The van der Waals surface area contributed by atoms with Crippen LogP contribution in [0.3, 0.4) is 0 Å². The van der Waals surface area contributed by atoms with Crippen LogP contribution in [0, 0.1) is 11.8 Å². The molecule has 3 atom stereocenters. The highest BCUT2D eigenvalue weighted by Crippen LogP contribution is 2.32. The van der Waals surface area contributed by atoms with Crippen LogP contribution in [0.25, 0.3) is 0 Å². The third-order valence-electron chi connectivity index (χ3n) is 4.02. The van der Waals surface area contributed by atoms with Crippen LogP contribution >= 0.6 is 11.3 Å². The summed E-state index contributed by atoms with van der Waals surface area (Å²) in [6.07, 6.45) is 8.34. The highest BCUT2D eigenvalue weighted by atomic mass is 32.1. The number of hydrogen-bond donors (Lipinski definition) is 1. The quantitative estimate of drug-likeness (QED) is 0.830. The summed E-state index contributed by atoms with van der Waals surface area (Å²) in [6, 6.07) is 4.30. The van der Waals surface area contributed by atoms with Crippen molar-refractivity contribution in [2.45, 2.75) is 58.0 Å². The first kappa shape index (κ1) is 13.1. The van der Waals surface area contributed by atoms with E-state index in [4.69, 9.17) is 0 Å². The fraction of sp³-hybridized carbons (Fsp3) is 0.733. The molecular weight excluding hydrogens is 228 g/mol. The lowest BCUT2D eigenvalue weighted by atomic mass is 9.78. The van der Waals surface area contributed by atoms with E-state index in [-0.39, 0.29) is 6.10 Å². The Bertz CT molecular complexity index is 307. The molecule has 2 heteroatoms. The van der Waals surface area contributed by atoms with Crippen molar-refractivity contribution < 1.29 is 5.11 Å². The molecule has 0 amide bonds. The number of aryl methyl sites for hydroxylation is 1. The Labute approximate surface area is 109 Å². The summed E-state index contributed by atoms with van der Waals surface area (Å²) >= 11 is 1.83. The van der Waals surface area contributed by atoms with Crippen molar-refractivity contribution in [2.75, 3.05) is 0 Å². The third-order valence-corrected chi connectivity index (χ3v) is 4.96. The predicted molar refractivity (Wildman–Crippen MR) is 74.4 cm³/mol. The van der Waals surface area contributed by atoms with Crippen LogP contribution < -0.4 is 0 Å². The van der Waals surface area contributed by atoms with E-state index >= 15 is 0 Å². The van der Waals surface area contributed by atoms with Gasteiger partial charge in [-0.25, -0.2) is 0 Å². The molecule has 1 fully saturated rings.